The van der Waals surface area contributed by atoms with Crippen LogP contribution in [0.1, 0.15) is 24.5 Å². The van der Waals surface area contributed by atoms with Crippen molar-refractivity contribution < 1.29 is 4.74 Å². The van der Waals surface area contributed by atoms with Crippen molar-refractivity contribution in [3.8, 4) is 0 Å². The number of ether oxygens (including phenoxy) is 1. The van der Waals surface area contributed by atoms with Crippen LogP contribution < -0.4 is 5.32 Å². The lowest BCUT2D eigenvalue weighted by molar-refractivity contribution is 0.0668. The van der Waals surface area contributed by atoms with E-state index in [1.807, 2.05) is 7.05 Å². The van der Waals surface area contributed by atoms with Gasteiger partial charge in [-0.1, -0.05) is 24.3 Å². The molecule has 1 aromatic rings. The molecule has 1 atom stereocenters. The van der Waals surface area contributed by atoms with Gasteiger partial charge in [0.1, 0.15) is 0 Å². The molecule has 2 rings (SSSR count). The Morgan fingerprint density at radius 2 is 2.22 bits per heavy atom. The first-order chi connectivity index (χ1) is 8.78. The highest BCUT2D eigenvalue weighted by Gasteiger charge is 2.14. The molecule has 0 radical (unpaired) electrons. The molecule has 0 bridgehead atoms. The molecular weight excluding hydrogens is 224 g/mol. The Hall–Kier alpha value is -0.900. The quantitative estimate of drug-likeness (QED) is 0.882. The summed E-state index contributed by atoms with van der Waals surface area (Å²) < 4.78 is 5.68. The van der Waals surface area contributed by atoms with Crippen LogP contribution in [0.3, 0.4) is 0 Å². The molecule has 100 valence electrons. The topological polar surface area (TPSA) is 24.5 Å². The van der Waals surface area contributed by atoms with Crippen LogP contribution in [0.25, 0.3) is 0 Å². The molecule has 18 heavy (non-hydrogen) atoms. The molecule has 0 amide bonds. The highest BCUT2D eigenvalue weighted by Crippen LogP contribution is 2.12. The van der Waals surface area contributed by atoms with Crippen molar-refractivity contribution >= 4 is 0 Å². The van der Waals surface area contributed by atoms with Crippen molar-refractivity contribution in [2.75, 3.05) is 26.7 Å². The highest BCUT2D eigenvalue weighted by atomic mass is 16.5. The Morgan fingerprint density at radius 3 is 3.06 bits per heavy atom. The lowest BCUT2D eigenvalue weighted by atomic mass is 10.1. The van der Waals surface area contributed by atoms with Crippen LogP contribution in [0.5, 0.6) is 0 Å². The van der Waals surface area contributed by atoms with Gasteiger partial charge in [0.2, 0.25) is 0 Å². The largest absolute Gasteiger partial charge is 0.377 e. The summed E-state index contributed by atoms with van der Waals surface area (Å²) in [5.74, 6) is 0. The fraction of sp³-hybridized carbons (Fsp3) is 0.600. The number of nitrogens with one attached hydrogen (secondary N) is 1. The third-order valence-electron chi connectivity index (χ3n) is 3.31. The molecule has 1 heterocycles. The van der Waals surface area contributed by atoms with E-state index in [1.54, 1.807) is 0 Å². The second-order valence-electron chi connectivity index (χ2n) is 5.12. The monoisotopic (exact) mass is 248 g/mol. The zero-order valence-electron chi connectivity index (χ0n) is 11.5. The molecule has 1 fully saturated rings. The van der Waals surface area contributed by atoms with Crippen molar-refractivity contribution in [3.05, 3.63) is 35.4 Å². The first kappa shape index (κ1) is 13.5. The van der Waals surface area contributed by atoms with E-state index in [9.17, 15) is 0 Å². The maximum absolute atomic E-state index is 5.68. The fourth-order valence-corrected chi connectivity index (χ4v) is 2.52. The van der Waals surface area contributed by atoms with Crippen LogP contribution in [0.4, 0.5) is 0 Å². The molecule has 1 aliphatic heterocycles. The van der Waals surface area contributed by atoms with E-state index in [1.165, 1.54) is 11.1 Å². The highest BCUT2D eigenvalue weighted by molar-refractivity contribution is 5.23. The van der Waals surface area contributed by atoms with E-state index in [2.05, 4.69) is 41.4 Å². The molecule has 1 aromatic carbocycles. The molecule has 0 aliphatic carbocycles. The Kier molecular flexibility index (Phi) is 5.17. The predicted molar refractivity (Wildman–Crippen MR) is 74.5 cm³/mol. The molecule has 3 heteroatoms. The summed E-state index contributed by atoms with van der Waals surface area (Å²) in [7, 11) is 1.99. The molecule has 1 unspecified atom stereocenters. The van der Waals surface area contributed by atoms with Gasteiger partial charge in [-0.05, 0) is 31.5 Å². The van der Waals surface area contributed by atoms with E-state index in [-0.39, 0.29) is 0 Å². The SMILES string of the molecule is CNCc1cccc(CN2CCCOC(C)C2)c1. The zero-order chi connectivity index (χ0) is 12.8. The molecule has 1 saturated heterocycles. The summed E-state index contributed by atoms with van der Waals surface area (Å²) in [5, 5.41) is 3.20. The molecule has 0 spiro atoms. The van der Waals surface area contributed by atoms with Gasteiger partial charge in [-0.2, -0.15) is 0 Å². The number of benzene rings is 1. The number of hydrogen-bond donors (Lipinski definition) is 1. The third-order valence-corrected chi connectivity index (χ3v) is 3.31. The first-order valence-corrected chi connectivity index (χ1v) is 6.84. The smallest absolute Gasteiger partial charge is 0.0674 e. The minimum absolute atomic E-state index is 0.355. The normalized spacial score (nSPS) is 21.8. The van der Waals surface area contributed by atoms with Gasteiger partial charge in [-0.25, -0.2) is 0 Å². The summed E-state index contributed by atoms with van der Waals surface area (Å²) in [6.07, 6.45) is 1.49. The standard InChI is InChI=1S/C15H24N2O/c1-13-11-17(7-4-8-18-13)12-15-6-3-5-14(9-15)10-16-2/h3,5-6,9,13,16H,4,7-8,10-12H2,1-2H3. The molecule has 0 aromatic heterocycles. The van der Waals surface area contributed by atoms with Crippen molar-refractivity contribution in [3.63, 3.8) is 0 Å². The minimum atomic E-state index is 0.355. The number of hydrogen-bond acceptors (Lipinski definition) is 3. The van der Waals surface area contributed by atoms with Gasteiger partial charge >= 0.3 is 0 Å². The molecule has 1 N–H and O–H groups in total. The number of rotatable bonds is 4. The summed E-state index contributed by atoms with van der Waals surface area (Å²) in [4.78, 5) is 2.50. The summed E-state index contributed by atoms with van der Waals surface area (Å²) in [6.45, 7) is 7.21. The summed E-state index contributed by atoms with van der Waals surface area (Å²) in [5.41, 5.74) is 2.76. The number of nitrogens with zero attached hydrogens (tertiary/aromatic N) is 1. The maximum Gasteiger partial charge on any atom is 0.0674 e. The molecular formula is C15H24N2O. The lowest BCUT2D eigenvalue weighted by Crippen LogP contribution is -2.29. The average Bonchev–Trinajstić information content (AvgIpc) is 2.54. The van der Waals surface area contributed by atoms with Crippen molar-refractivity contribution in [2.45, 2.75) is 32.5 Å². The van der Waals surface area contributed by atoms with Crippen LogP contribution in [-0.4, -0.2) is 37.7 Å². The second kappa shape index (κ2) is 6.88. The second-order valence-corrected chi connectivity index (χ2v) is 5.12. The van der Waals surface area contributed by atoms with Crippen LogP contribution in [-0.2, 0) is 17.8 Å². The van der Waals surface area contributed by atoms with E-state index in [0.29, 0.717) is 6.10 Å². The average molecular weight is 248 g/mol. The van der Waals surface area contributed by atoms with Crippen molar-refractivity contribution in [2.24, 2.45) is 0 Å². The summed E-state index contributed by atoms with van der Waals surface area (Å²) >= 11 is 0. The van der Waals surface area contributed by atoms with Gasteiger partial charge in [0.25, 0.3) is 0 Å². The van der Waals surface area contributed by atoms with Crippen LogP contribution in [0.2, 0.25) is 0 Å². The Bertz CT molecular complexity index is 367. The first-order valence-electron chi connectivity index (χ1n) is 6.84. The maximum atomic E-state index is 5.68. The van der Waals surface area contributed by atoms with E-state index >= 15 is 0 Å². The minimum Gasteiger partial charge on any atom is -0.377 e. The van der Waals surface area contributed by atoms with Gasteiger partial charge in [0, 0.05) is 32.8 Å². The van der Waals surface area contributed by atoms with Gasteiger partial charge in [0.05, 0.1) is 6.10 Å². The van der Waals surface area contributed by atoms with E-state index in [4.69, 9.17) is 4.74 Å². The Balaban J connectivity index is 1.96. The van der Waals surface area contributed by atoms with Crippen LogP contribution >= 0.6 is 0 Å². The molecule has 1 aliphatic rings. The molecule has 3 nitrogen and oxygen atoms in total. The van der Waals surface area contributed by atoms with E-state index < -0.39 is 0 Å². The third kappa shape index (κ3) is 4.09. The van der Waals surface area contributed by atoms with Gasteiger partial charge in [-0.3, -0.25) is 4.90 Å². The zero-order valence-corrected chi connectivity index (χ0v) is 11.5. The van der Waals surface area contributed by atoms with Crippen molar-refractivity contribution in [1.82, 2.24) is 10.2 Å². The van der Waals surface area contributed by atoms with Gasteiger partial charge in [-0.15, -0.1) is 0 Å². The van der Waals surface area contributed by atoms with Crippen LogP contribution in [0.15, 0.2) is 24.3 Å². The molecule has 0 saturated carbocycles. The van der Waals surface area contributed by atoms with E-state index in [0.717, 1.165) is 39.2 Å². The summed E-state index contributed by atoms with van der Waals surface area (Å²) in [6, 6.07) is 8.84. The fourth-order valence-electron chi connectivity index (χ4n) is 2.52. The van der Waals surface area contributed by atoms with Crippen LogP contribution in [0, 0.1) is 0 Å². The van der Waals surface area contributed by atoms with Crippen molar-refractivity contribution in [1.29, 1.82) is 0 Å². The van der Waals surface area contributed by atoms with Gasteiger partial charge in [0.15, 0.2) is 0 Å². The Morgan fingerprint density at radius 1 is 1.39 bits per heavy atom. The Labute approximate surface area is 110 Å². The lowest BCUT2D eigenvalue weighted by Gasteiger charge is -2.22. The van der Waals surface area contributed by atoms with Gasteiger partial charge < -0.3 is 10.1 Å². The predicted octanol–water partition coefficient (Wildman–Crippen LogP) is 2.02.